The first-order chi connectivity index (χ1) is 8.99. The molecule has 0 fully saturated rings. The smallest absolute Gasteiger partial charge is 0.411 e. The molecule has 2 rings (SSSR count). The zero-order valence-corrected chi connectivity index (χ0v) is 11.0. The Morgan fingerprint density at radius 2 is 2.05 bits per heavy atom. The fourth-order valence-corrected chi connectivity index (χ4v) is 2.33. The number of carboxylic acids is 1. The van der Waals surface area contributed by atoms with Crippen LogP contribution in [0.5, 0.6) is 0 Å². The van der Waals surface area contributed by atoms with Crippen molar-refractivity contribution in [2.24, 2.45) is 0 Å². The molecular formula is C14H17NO4. The van der Waals surface area contributed by atoms with E-state index in [1.54, 1.807) is 13.8 Å². The van der Waals surface area contributed by atoms with E-state index in [1.807, 2.05) is 6.07 Å². The number of carboxylic acid groups (broad SMARTS) is 1. The quantitative estimate of drug-likeness (QED) is 0.879. The SMILES string of the molecule is CC(C)OC(=O)Nc1c(C(=O)O)ccc2c1CCC2. The van der Waals surface area contributed by atoms with Crippen LogP contribution in [0.1, 0.15) is 41.8 Å². The minimum atomic E-state index is -1.05. The molecule has 0 unspecified atom stereocenters. The lowest BCUT2D eigenvalue weighted by Gasteiger charge is -2.15. The van der Waals surface area contributed by atoms with E-state index in [9.17, 15) is 14.7 Å². The number of carbonyl (C=O) groups is 2. The maximum absolute atomic E-state index is 11.7. The van der Waals surface area contributed by atoms with Crippen molar-refractivity contribution in [3.05, 3.63) is 28.8 Å². The van der Waals surface area contributed by atoms with E-state index in [2.05, 4.69) is 5.32 Å². The number of fused-ring (bicyclic) bond motifs is 1. The van der Waals surface area contributed by atoms with Gasteiger partial charge in [-0.3, -0.25) is 5.32 Å². The van der Waals surface area contributed by atoms with Crippen molar-refractivity contribution in [1.82, 2.24) is 0 Å². The van der Waals surface area contributed by atoms with Gasteiger partial charge in [-0.25, -0.2) is 9.59 Å². The molecular weight excluding hydrogens is 246 g/mol. The van der Waals surface area contributed by atoms with E-state index in [0.717, 1.165) is 30.4 Å². The third kappa shape index (κ3) is 2.86. The molecule has 0 saturated carbocycles. The highest BCUT2D eigenvalue weighted by molar-refractivity contribution is 6.00. The van der Waals surface area contributed by atoms with Crippen molar-refractivity contribution in [3.63, 3.8) is 0 Å². The molecule has 5 nitrogen and oxygen atoms in total. The summed E-state index contributed by atoms with van der Waals surface area (Å²) in [6.07, 6.45) is 1.83. The largest absolute Gasteiger partial charge is 0.478 e. The molecule has 1 aromatic rings. The number of ether oxygens (including phenoxy) is 1. The number of benzene rings is 1. The fourth-order valence-electron chi connectivity index (χ4n) is 2.33. The number of rotatable bonds is 3. The van der Waals surface area contributed by atoms with Gasteiger partial charge in [0, 0.05) is 0 Å². The summed E-state index contributed by atoms with van der Waals surface area (Å²) in [7, 11) is 0. The number of hydrogen-bond donors (Lipinski definition) is 2. The van der Waals surface area contributed by atoms with Crippen molar-refractivity contribution in [1.29, 1.82) is 0 Å². The van der Waals surface area contributed by atoms with Crippen LogP contribution >= 0.6 is 0 Å². The van der Waals surface area contributed by atoms with E-state index < -0.39 is 12.1 Å². The Morgan fingerprint density at radius 3 is 2.68 bits per heavy atom. The van der Waals surface area contributed by atoms with Crippen molar-refractivity contribution >= 4 is 17.7 Å². The molecule has 0 heterocycles. The topological polar surface area (TPSA) is 75.6 Å². The van der Waals surface area contributed by atoms with Crippen molar-refractivity contribution in [2.75, 3.05) is 5.32 Å². The molecule has 0 aromatic heterocycles. The number of amides is 1. The Hall–Kier alpha value is -2.04. The second-order valence-corrected chi connectivity index (χ2v) is 4.86. The van der Waals surface area contributed by atoms with Crippen LogP contribution in [0.4, 0.5) is 10.5 Å². The van der Waals surface area contributed by atoms with Crippen LogP contribution in [0.15, 0.2) is 12.1 Å². The molecule has 5 heteroatoms. The van der Waals surface area contributed by atoms with Crippen LogP contribution in [0, 0.1) is 0 Å². The zero-order valence-electron chi connectivity index (χ0n) is 11.0. The summed E-state index contributed by atoms with van der Waals surface area (Å²) in [6, 6.07) is 3.36. The van der Waals surface area contributed by atoms with E-state index in [4.69, 9.17) is 4.74 Å². The zero-order chi connectivity index (χ0) is 14.0. The maximum atomic E-state index is 11.7. The van der Waals surface area contributed by atoms with Gasteiger partial charge < -0.3 is 9.84 Å². The number of hydrogen-bond acceptors (Lipinski definition) is 3. The van der Waals surface area contributed by atoms with Gasteiger partial charge in [-0.2, -0.15) is 0 Å². The average Bonchev–Trinajstić information content (AvgIpc) is 2.76. The summed E-state index contributed by atoms with van der Waals surface area (Å²) in [5, 5.41) is 11.8. The first-order valence-corrected chi connectivity index (χ1v) is 6.34. The monoisotopic (exact) mass is 263 g/mol. The molecule has 0 radical (unpaired) electrons. The summed E-state index contributed by atoms with van der Waals surface area (Å²) in [5.74, 6) is -1.05. The molecule has 1 aliphatic carbocycles. The summed E-state index contributed by atoms with van der Waals surface area (Å²) < 4.78 is 5.01. The Labute approximate surface area is 111 Å². The highest BCUT2D eigenvalue weighted by Crippen LogP contribution is 2.32. The number of anilines is 1. The molecule has 0 saturated heterocycles. The second-order valence-electron chi connectivity index (χ2n) is 4.86. The molecule has 0 atom stereocenters. The molecule has 0 spiro atoms. The van der Waals surface area contributed by atoms with Crippen LogP contribution in [0.25, 0.3) is 0 Å². The minimum absolute atomic E-state index is 0.112. The average molecular weight is 263 g/mol. The van der Waals surface area contributed by atoms with Crippen molar-refractivity contribution in [3.8, 4) is 0 Å². The standard InChI is InChI=1S/C14H17NO4/c1-8(2)19-14(18)15-12-10-5-3-4-9(10)6-7-11(12)13(16)17/h6-8H,3-5H2,1-2H3,(H,15,18)(H,16,17). The normalized spacial score (nSPS) is 13.2. The van der Waals surface area contributed by atoms with Crippen LogP contribution in [0.2, 0.25) is 0 Å². The summed E-state index contributed by atoms with van der Waals surface area (Å²) in [5.41, 5.74) is 2.51. The number of aromatic carboxylic acids is 1. The van der Waals surface area contributed by atoms with E-state index in [0.29, 0.717) is 5.69 Å². The Balaban J connectivity index is 2.34. The van der Waals surface area contributed by atoms with Gasteiger partial charge in [0.15, 0.2) is 0 Å². The van der Waals surface area contributed by atoms with Gasteiger partial charge >= 0.3 is 12.1 Å². The van der Waals surface area contributed by atoms with Crippen LogP contribution in [0.3, 0.4) is 0 Å². The molecule has 1 aromatic carbocycles. The van der Waals surface area contributed by atoms with Crippen LogP contribution in [-0.2, 0) is 17.6 Å². The van der Waals surface area contributed by atoms with E-state index in [1.165, 1.54) is 6.07 Å². The summed E-state index contributed by atoms with van der Waals surface area (Å²) in [6.45, 7) is 3.49. The molecule has 2 N–H and O–H groups in total. The number of nitrogens with one attached hydrogen (secondary N) is 1. The molecule has 1 amide bonds. The maximum Gasteiger partial charge on any atom is 0.411 e. The molecule has 1 aliphatic rings. The number of aryl methyl sites for hydroxylation is 1. The Bertz CT molecular complexity index is 522. The lowest BCUT2D eigenvalue weighted by Crippen LogP contribution is -2.20. The number of carbonyl (C=O) groups excluding carboxylic acids is 1. The Morgan fingerprint density at radius 1 is 1.32 bits per heavy atom. The van der Waals surface area contributed by atoms with Crippen LogP contribution in [-0.4, -0.2) is 23.3 Å². The second kappa shape index (κ2) is 5.30. The molecule has 19 heavy (non-hydrogen) atoms. The summed E-state index contributed by atoms with van der Waals surface area (Å²) in [4.78, 5) is 22.9. The van der Waals surface area contributed by atoms with Crippen molar-refractivity contribution in [2.45, 2.75) is 39.2 Å². The predicted octanol–water partition coefficient (Wildman–Crippen LogP) is 2.83. The Kier molecular flexibility index (Phi) is 3.74. The third-order valence-electron chi connectivity index (χ3n) is 3.08. The molecule has 0 bridgehead atoms. The van der Waals surface area contributed by atoms with Gasteiger partial charge in [0.25, 0.3) is 0 Å². The fraction of sp³-hybridized carbons (Fsp3) is 0.429. The third-order valence-corrected chi connectivity index (χ3v) is 3.08. The van der Waals surface area contributed by atoms with E-state index >= 15 is 0 Å². The van der Waals surface area contributed by atoms with Crippen LogP contribution < -0.4 is 5.32 Å². The molecule has 102 valence electrons. The lowest BCUT2D eigenvalue weighted by atomic mass is 10.0. The highest BCUT2D eigenvalue weighted by atomic mass is 16.6. The van der Waals surface area contributed by atoms with E-state index in [-0.39, 0.29) is 11.7 Å². The van der Waals surface area contributed by atoms with Gasteiger partial charge in [0.1, 0.15) is 0 Å². The summed E-state index contributed by atoms with van der Waals surface area (Å²) >= 11 is 0. The van der Waals surface area contributed by atoms with Gasteiger partial charge in [-0.1, -0.05) is 6.07 Å². The van der Waals surface area contributed by atoms with Gasteiger partial charge in [-0.05, 0) is 50.3 Å². The lowest BCUT2D eigenvalue weighted by molar-refractivity contribution is 0.0698. The van der Waals surface area contributed by atoms with Gasteiger partial charge in [0.05, 0.1) is 17.4 Å². The minimum Gasteiger partial charge on any atom is -0.478 e. The first kappa shape index (κ1) is 13.4. The highest BCUT2D eigenvalue weighted by Gasteiger charge is 2.22. The first-order valence-electron chi connectivity index (χ1n) is 6.34. The van der Waals surface area contributed by atoms with Gasteiger partial charge in [-0.15, -0.1) is 0 Å². The molecule has 0 aliphatic heterocycles. The van der Waals surface area contributed by atoms with Gasteiger partial charge in [0.2, 0.25) is 0 Å². The predicted molar refractivity (Wildman–Crippen MR) is 70.7 cm³/mol. The van der Waals surface area contributed by atoms with Crippen molar-refractivity contribution < 1.29 is 19.4 Å².